The molecule has 1 aliphatic heterocycles. The Kier molecular flexibility index (Phi) is 5.13. The van der Waals surface area contributed by atoms with Crippen molar-refractivity contribution in [1.82, 2.24) is 20.4 Å². The van der Waals surface area contributed by atoms with E-state index in [1.165, 1.54) is 0 Å². The van der Waals surface area contributed by atoms with Gasteiger partial charge in [-0.3, -0.25) is 4.79 Å². The SMILES string of the molecule is CC1(CNC(=O)c2ccn(-c3ccc(Cl)c(Cl)c3)n2)CCNCC1. The van der Waals surface area contributed by atoms with E-state index < -0.39 is 0 Å². The topological polar surface area (TPSA) is 59.0 Å². The van der Waals surface area contributed by atoms with Crippen molar-refractivity contribution in [1.29, 1.82) is 0 Å². The fraction of sp³-hybridized carbons (Fsp3) is 0.412. The molecule has 0 atom stereocenters. The largest absolute Gasteiger partial charge is 0.350 e. The minimum atomic E-state index is -0.159. The second-order valence-corrected chi connectivity index (χ2v) is 7.30. The zero-order valence-electron chi connectivity index (χ0n) is 13.5. The van der Waals surface area contributed by atoms with Gasteiger partial charge >= 0.3 is 0 Å². The molecule has 128 valence electrons. The van der Waals surface area contributed by atoms with E-state index in [2.05, 4.69) is 22.7 Å². The number of benzene rings is 1. The number of aromatic nitrogens is 2. The normalized spacial score (nSPS) is 16.8. The first-order valence-electron chi connectivity index (χ1n) is 7.97. The maximum atomic E-state index is 12.3. The Hall–Kier alpha value is -1.56. The van der Waals surface area contributed by atoms with Crippen molar-refractivity contribution in [3.05, 3.63) is 46.2 Å². The number of hydrogen-bond donors (Lipinski definition) is 2. The van der Waals surface area contributed by atoms with Crippen LogP contribution >= 0.6 is 23.2 Å². The molecule has 0 saturated carbocycles. The van der Waals surface area contributed by atoms with Gasteiger partial charge in [-0.2, -0.15) is 5.10 Å². The van der Waals surface area contributed by atoms with Crippen LogP contribution in [0.3, 0.4) is 0 Å². The van der Waals surface area contributed by atoms with Gasteiger partial charge in [-0.15, -0.1) is 0 Å². The lowest BCUT2D eigenvalue weighted by Gasteiger charge is -2.34. The first-order chi connectivity index (χ1) is 11.5. The van der Waals surface area contributed by atoms with Crippen LogP contribution in [-0.2, 0) is 0 Å². The smallest absolute Gasteiger partial charge is 0.271 e. The molecule has 2 heterocycles. The molecule has 0 aliphatic carbocycles. The minimum absolute atomic E-state index is 0.146. The van der Waals surface area contributed by atoms with E-state index >= 15 is 0 Å². The lowest BCUT2D eigenvalue weighted by atomic mass is 9.81. The Bertz CT molecular complexity index is 738. The van der Waals surface area contributed by atoms with Crippen molar-refractivity contribution < 1.29 is 4.79 Å². The Balaban J connectivity index is 1.66. The summed E-state index contributed by atoms with van der Waals surface area (Å²) in [5.41, 5.74) is 1.29. The number of carbonyl (C=O) groups is 1. The molecule has 0 spiro atoms. The summed E-state index contributed by atoms with van der Waals surface area (Å²) < 4.78 is 1.61. The molecule has 7 heteroatoms. The van der Waals surface area contributed by atoms with Crippen molar-refractivity contribution in [2.75, 3.05) is 19.6 Å². The fourth-order valence-electron chi connectivity index (χ4n) is 2.81. The molecule has 0 unspecified atom stereocenters. The number of halogens is 2. The second kappa shape index (κ2) is 7.13. The van der Waals surface area contributed by atoms with Gasteiger partial charge in [0.15, 0.2) is 5.69 Å². The van der Waals surface area contributed by atoms with E-state index in [1.54, 1.807) is 35.1 Å². The summed E-state index contributed by atoms with van der Waals surface area (Å²) in [5.74, 6) is -0.159. The highest BCUT2D eigenvalue weighted by Gasteiger charge is 2.27. The van der Waals surface area contributed by atoms with E-state index in [4.69, 9.17) is 23.2 Å². The van der Waals surface area contributed by atoms with E-state index in [0.29, 0.717) is 22.3 Å². The molecule has 2 aromatic rings. The van der Waals surface area contributed by atoms with Crippen LogP contribution in [0.15, 0.2) is 30.5 Å². The third-order valence-electron chi connectivity index (χ3n) is 4.48. The highest BCUT2D eigenvalue weighted by molar-refractivity contribution is 6.42. The van der Waals surface area contributed by atoms with Crippen LogP contribution in [0.25, 0.3) is 5.69 Å². The monoisotopic (exact) mass is 366 g/mol. The van der Waals surface area contributed by atoms with Gasteiger partial charge in [-0.05, 0) is 55.6 Å². The van der Waals surface area contributed by atoms with Crippen LogP contribution in [0.1, 0.15) is 30.3 Å². The summed E-state index contributed by atoms with van der Waals surface area (Å²) in [5, 5.41) is 11.6. The molecule has 0 bridgehead atoms. The van der Waals surface area contributed by atoms with Gasteiger partial charge in [-0.25, -0.2) is 4.68 Å². The summed E-state index contributed by atoms with van der Waals surface area (Å²) >= 11 is 11.9. The van der Waals surface area contributed by atoms with E-state index in [0.717, 1.165) is 31.6 Å². The van der Waals surface area contributed by atoms with Crippen molar-refractivity contribution >= 4 is 29.1 Å². The van der Waals surface area contributed by atoms with Gasteiger partial charge in [0.2, 0.25) is 0 Å². The van der Waals surface area contributed by atoms with Gasteiger partial charge in [0.25, 0.3) is 5.91 Å². The lowest BCUT2D eigenvalue weighted by Crippen LogP contribution is -2.43. The van der Waals surface area contributed by atoms with E-state index in [9.17, 15) is 4.79 Å². The van der Waals surface area contributed by atoms with Gasteiger partial charge in [-0.1, -0.05) is 30.1 Å². The van der Waals surface area contributed by atoms with Crippen LogP contribution in [0, 0.1) is 5.41 Å². The Morgan fingerprint density at radius 2 is 2.04 bits per heavy atom. The average molecular weight is 367 g/mol. The molecule has 2 N–H and O–H groups in total. The minimum Gasteiger partial charge on any atom is -0.350 e. The Morgan fingerprint density at radius 1 is 1.29 bits per heavy atom. The zero-order valence-corrected chi connectivity index (χ0v) is 15.0. The van der Waals surface area contributed by atoms with Crippen LogP contribution in [0.4, 0.5) is 0 Å². The zero-order chi connectivity index (χ0) is 17.2. The van der Waals surface area contributed by atoms with Gasteiger partial charge in [0.1, 0.15) is 0 Å². The highest BCUT2D eigenvalue weighted by Crippen LogP contribution is 2.27. The number of amides is 1. The highest BCUT2D eigenvalue weighted by atomic mass is 35.5. The van der Waals surface area contributed by atoms with Gasteiger partial charge < -0.3 is 10.6 Å². The first kappa shape index (κ1) is 17.3. The molecular formula is C17H20Cl2N4O. The molecular weight excluding hydrogens is 347 g/mol. The molecule has 1 fully saturated rings. The van der Waals surface area contributed by atoms with Gasteiger partial charge in [0, 0.05) is 12.7 Å². The standard InChI is InChI=1S/C17H20Cl2N4O/c1-17(5-7-20-8-6-17)11-21-16(24)15-4-9-23(22-15)12-2-3-13(18)14(19)10-12/h2-4,9-10,20H,5-8,11H2,1H3,(H,21,24). The van der Waals surface area contributed by atoms with Crippen LogP contribution in [-0.4, -0.2) is 35.3 Å². The third kappa shape index (κ3) is 3.91. The number of piperidine rings is 1. The molecule has 5 nitrogen and oxygen atoms in total. The predicted molar refractivity (Wildman–Crippen MR) is 96.1 cm³/mol. The molecule has 24 heavy (non-hydrogen) atoms. The first-order valence-corrected chi connectivity index (χ1v) is 8.72. The number of nitrogens with one attached hydrogen (secondary N) is 2. The molecule has 3 rings (SSSR count). The third-order valence-corrected chi connectivity index (χ3v) is 5.21. The maximum Gasteiger partial charge on any atom is 0.271 e. The van der Waals surface area contributed by atoms with Crippen LogP contribution < -0.4 is 10.6 Å². The summed E-state index contributed by atoms with van der Waals surface area (Å²) in [4.78, 5) is 12.3. The van der Waals surface area contributed by atoms with Crippen LogP contribution in [0.2, 0.25) is 10.0 Å². The molecule has 1 amide bonds. The molecule has 1 aromatic heterocycles. The quantitative estimate of drug-likeness (QED) is 0.872. The Labute approximate surface area is 151 Å². The molecule has 1 aliphatic rings. The van der Waals surface area contributed by atoms with Crippen molar-refractivity contribution in [2.24, 2.45) is 5.41 Å². The maximum absolute atomic E-state index is 12.3. The van der Waals surface area contributed by atoms with Crippen molar-refractivity contribution in [3.63, 3.8) is 0 Å². The predicted octanol–water partition coefficient (Wildman–Crippen LogP) is 3.30. The van der Waals surface area contributed by atoms with Gasteiger partial charge in [0.05, 0.1) is 15.7 Å². The van der Waals surface area contributed by atoms with E-state index in [-0.39, 0.29) is 11.3 Å². The summed E-state index contributed by atoms with van der Waals surface area (Å²) in [6.45, 7) is 4.87. The second-order valence-electron chi connectivity index (χ2n) is 6.49. The molecule has 0 radical (unpaired) electrons. The summed E-state index contributed by atoms with van der Waals surface area (Å²) in [6, 6.07) is 6.93. The summed E-state index contributed by atoms with van der Waals surface area (Å²) in [6.07, 6.45) is 3.86. The fourth-order valence-corrected chi connectivity index (χ4v) is 3.10. The number of carbonyl (C=O) groups excluding carboxylic acids is 1. The molecule has 1 aromatic carbocycles. The number of rotatable bonds is 4. The van der Waals surface area contributed by atoms with Crippen LogP contribution in [0.5, 0.6) is 0 Å². The van der Waals surface area contributed by atoms with Crippen molar-refractivity contribution in [3.8, 4) is 5.69 Å². The molecule has 1 saturated heterocycles. The number of nitrogens with zero attached hydrogens (tertiary/aromatic N) is 2. The average Bonchev–Trinajstić information content (AvgIpc) is 3.06. The lowest BCUT2D eigenvalue weighted by molar-refractivity contribution is 0.0917. The Morgan fingerprint density at radius 3 is 2.75 bits per heavy atom. The summed E-state index contributed by atoms with van der Waals surface area (Å²) in [7, 11) is 0. The van der Waals surface area contributed by atoms with E-state index in [1.807, 2.05) is 0 Å². The van der Waals surface area contributed by atoms with Crippen molar-refractivity contribution in [2.45, 2.75) is 19.8 Å². The number of hydrogen-bond acceptors (Lipinski definition) is 3.